The van der Waals surface area contributed by atoms with Gasteiger partial charge in [0.25, 0.3) is 0 Å². The van der Waals surface area contributed by atoms with Crippen LogP contribution in [0.1, 0.15) is 48.0 Å². The van der Waals surface area contributed by atoms with Gasteiger partial charge in [0.1, 0.15) is 0 Å². The minimum Gasteiger partial charge on any atom is -0.403 e. The zero-order valence-electron chi connectivity index (χ0n) is 16.4. The number of alkyl halides is 3. The number of carbonyl (C=O) groups is 1. The van der Waals surface area contributed by atoms with E-state index in [0.717, 1.165) is 37.9 Å². The number of halogens is 4. The normalized spacial score (nSPS) is 24.5. The Bertz CT molecular complexity index is 886. The molecule has 2 fully saturated rings. The predicted octanol–water partition coefficient (Wildman–Crippen LogP) is 5.74. The summed E-state index contributed by atoms with van der Waals surface area (Å²) in [7, 11) is 0. The second kappa shape index (κ2) is 8.38. The van der Waals surface area contributed by atoms with Crippen LogP contribution in [0.15, 0.2) is 48.5 Å². The fraction of sp³-hybridized carbons (Fsp3) is 0.435. The number of ketones is 1. The van der Waals surface area contributed by atoms with Gasteiger partial charge in [0.15, 0.2) is 17.3 Å². The van der Waals surface area contributed by atoms with Gasteiger partial charge in [-0.1, -0.05) is 36.8 Å². The van der Waals surface area contributed by atoms with Gasteiger partial charge < -0.3 is 4.74 Å². The first kappa shape index (κ1) is 20.8. The van der Waals surface area contributed by atoms with Gasteiger partial charge in [-0.2, -0.15) is 0 Å². The van der Waals surface area contributed by atoms with E-state index in [-0.39, 0.29) is 29.3 Å². The van der Waals surface area contributed by atoms with Crippen LogP contribution < -0.4 is 4.74 Å². The fourth-order valence-corrected chi connectivity index (χ4v) is 4.84. The van der Waals surface area contributed by atoms with Crippen LogP contribution in [-0.4, -0.2) is 29.1 Å². The summed E-state index contributed by atoms with van der Waals surface area (Å²) < 4.78 is 54.7. The summed E-state index contributed by atoms with van der Waals surface area (Å²) in [5.74, 6) is -2.56. The van der Waals surface area contributed by atoms with Crippen molar-refractivity contribution in [1.82, 2.24) is 4.90 Å². The van der Waals surface area contributed by atoms with Gasteiger partial charge in [0.05, 0.1) is 0 Å². The Morgan fingerprint density at radius 1 is 1.03 bits per heavy atom. The molecule has 2 aromatic rings. The largest absolute Gasteiger partial charge is 0.573 e. The molecule has 2 heterocycles. The molecular weight excluding hydrogens is 398 g/mol. The van der Waals surface area contributed by atoms with E-state index in [9.17, 15) is 22.4 Å². The highest BCUT2D eigenvalue weighted by Crippen LogP contribution is 2.39. The Morgan fingerprint density at radius 2 is 1.70 bits per heavy atom. The van der Waals surface area contributed by atoms with Gasteiger partial charge in [-0.15, -0.1) is 13.2 Å². The van der Waals surface area contributed by atoms with E-state index in [2.05, 4.69) is 21.8 Å². The molecule has 0 saturated carbocycles. The zero-order chi connectivity index (χ0) is 21.3. The number of benzene rings is 2. The first-order chi connectivity index (χ1) is 14.3. The van der Waals surface area contributed by atoms with E-state index in [1.807, 2.05) is 18.2 Å². The van der Waals surface area contributed by atoms with Gasteiger partial charge in [0.2, 0.25) is 0 Å². The lowest BCUT2D eigenvalue weighted by Gasteiger charge is -2.48. The summed E-state index contributed by atoms with van der Waals surface area (Å²) in [5.41, 5.74) is 1.34. The zero-order valence-corrected chi connectivity index (χ0v) is 16.4. The molecule has 0 radical (unpaired) electrons. The number of fused-ring (bicyclic) bond motifs is 2. The molecular formula is C23H23F4NO2. The Hall–Kier alpha value is -2.41. The summed E-state index contributed by atoms with van der Waals surface area (Å²) >= 11 is 0. The van der Waals surface area contributed by atoms with E-state index in [1.54, 1.807) is 0 Å². The van der Waals surface area contributed by atoms with Crippen molar-refractivity contribution in [1.29, 1.82) is 0 Å². The number of Topliss-reactive ketones (excluding diaryl/α,β-unsaturated/α-hetero) is 1. The molecule has 0 aliphatic carbocycles. The summed E-state index contributed by atoms with van der Waals surface area (Å²) in [4.78, 5) is 15.5. The summed E-state index contributed by atoms with van der Waals surface area (Å²) in [6.45, 7) is 0.842. The summed E-state index contributed by atoms with van der Waals surface area (Å²) in [5, 5.41) is 0. The molecule has 2 aliphatic rings. The van der Waals surface area contributed by atoms with E-state index < -0.39 is 17.9 Å². The smallest absolute Gasteiger partial charge is 0.403 e. The van der Waals surface area contributed by atoms with Crippen LogP contribution in [0.25, 0.3) is 0 Å². The molecule has 7 heteroatoms. The second-order valence-corrected chi connectivity index (χ2v) is 8.12. The Balaban J connectivity index is 1.47. The molecule has 2 atom stereocenters. The third kappa shape index (κ3) is 4.67. The van der Waals surface area contributed by atoms with Crippen molar-refractivity contribution >= 4 is 5.78 Å². The number of ether oxygens (including phenoxy) is 1. The number of piperidine rings is 2. The molecule has 4 rings (SSSR count). The maximum Gasteiger partial charge on any atom is 0.573 e. The lowest BCUT2D eigenvalue weighted by molar-refractivity contribution is -0.275. The lowest BCUT2D eigenvalue weighted by atomic mass is 9.75. The average Bonchev–Trinajstić information content (AvgIpc) is 2.68. The monoisotopic (exact) mass is 421 g/mol. The molecule has 0 spiro atoms. The first-order valence-corrected chi connectivity index (χ1v) is 10.2. The van der Waals surface area contributed by atoms with E-state index in [1.165, 1.54) is 11.6 Å². The van der Waals surface area contributed by atoms with Crippen LogP contribution in [0.3, 0.4) is 0 Å². The highest BCUT2D eigenvalue weighted by molar-refractivity contribution is 5.98. The Morgan fingerprint density at radius 3 is 2.30 bits per heavy atom. The predicted molar refractivity (Wildman–Crippen MR) is 104 cm³/mol. The fourth-order valence-electron chi connectivity index (χ4n) is 4.84. The minimum absolute atomic E-state index is 0.0987. The highest BCUT2D eigenvalue weighted by Gasteiger charge is 2.41. The van der Waals surface area contributed by atoms with Gasteiger partial charge in [-0.3, -0.25) is 9.69 Å². The molecule has 2 aliphatic heterocycles. The third-order valence-corrected chi connectivity index (χ3v) is 6.15. The van der Waals surface area contributed by atoms with Crippen LogP contribution in [0.5, 0.6) is 5.75 Å². The third-order valence-electron chi connectivity index (χ3n) is 6.15. The highest BCUT2D eigenvalue weighted by atomic mass is 19.4. The molecule has 30 heavy (non-hydrogen) atoms. The SMILES string of the molecule is O=C(c1ccc(OC(F)(F)F)c(F)c1)C1CC2CCCC(C1)N2Cc1ccccc1. The number of hydrogen-bond acceptors (Lipinski definition) is 3. The van der Waals surface area contributed by atoms with E-state index in [0.29, 0.717) is 12.8 Å². The molecule has 2 unspecified atom stereocenters. The van der Waals surface area contributed by atoms with Crippen LogP contribution in [0.2, 0.25) is 0 Å². The minimum atomic E-state index is -4.98. The van der Waals surface area contributed by atoms with Gasteiger partial charge in [-0.25, -0.2) is 4.39 Å². The quantitative estimate of drug-likeness (QED) is 0.455. The molecule has 0 N–H and O–H groups in total. The summed E-state index contributed by atoms with van der Waals surface area (Å²) in [6, 6.07) is 13.7. The van der Waals surface area contributed by atoms with Gasteiger partial charge >= 0.3 is 6.36 Å². The van der Waals surface area contributed by atoms with Crippen molar-refractivity contribution in [3.8, 4) is 5.75 Å². The van der Waals surface area contributed by atoms with Crippen molar-refractivity contribution in [3.05, 3.63) is 65.5 Å². The van der Waals surface area contributed by atoms with Crippen molar-refractivity contribution in [3.63, 3.8) is 0 Å². The molecule has 160 valence electrons. The maximum absolute atomic E-state index is 14.1. The Kier molecular flexibility index (Phi) is 5.82. The van der Waals surface area contributed by atoms with Crippen molar-refractivity contribution in [2.75, 3.05) is 0 Å². The average molecular weight is 421 g/mol. The number of carbonyl (C=O) groups excluding carboxylic acids is 1. The first-order valence-electron chi connectivity index (χ1n) is 10.2. The number of nitrogens with zero attached hydrogens (tertiary/aromatic N) is 1. The maximum atomic E-state index is 14.1. The van der Waals surface area contributed by atoms with Crippen LogP contribution >= 0.6 is 0 Å². The van der Waals surface area contributed by atoms with Crippen LogP contribution in [-0.2, 0) is 6.54 Å². The summed E-state index contributed by atoms with van der Waals surface area (Å²) in [6.07, 6.45) is -0.454. The standard InChI is InChI=1S/C23H23F4NO2/c24-20-13-16(9-10-21(20)30-23(25,26)27)22(29)17-11-18-7-4-8-19(12-17)28(18)14-15-5-2-1-3-6-15/h1-3,5-6,9-10,13,17-19H,4,7-8,11-12,14H2. The molecule has 2 aromatic carbocycles. The number of hydrogen-bond donors (Lipinski definition) is 0. The van der Waals surface area contributed by atoms with Gasteiger partial charge in [0, 0.05) is 30.1 Å². The van der Waals surface area contributed by atoms with E-state index in [4.69, 9.17) is 0 Å². The van der Waals surface area contributed by atoms with Gasteiger partial charge in [-0.05, 0) is 49.4 Å². The molecule has 2 saturated heterocycles. The molecule has 3 nitrogen and oxygen atoms in total. The van der Waals surface area contributed by atoms with Crippen molar-refractivity contribution in [2.45, 2.75) is 57.1 Å². The second-order valence-electron chi connectivity index (χ2n) is 8.12. The lowest BCUT2D eigenvalue weighted by Crippen LogP contribution is -2.52. The van der Waals surface area contributed by atoms with Crippen molar-refractivity contribution < 1.29 is 27.1 Å². The topological polar surface area (TPSA) is 29.5 Å². The Labute approximate surface area is 172 Å². The number of rotatable bonds is 5. The van der Waals surface area contributed by atoms with E-state index >= 15 is 0 Å². The van der Waals surface area contributed by atoms with Crippen LogP contribution in [0, 0.1) is 11.7 Å². The molecule has 0 amide bonds. The molecule has 0 aromatic heterocycles. The molecule has 2 bridgehead atoms. The van der Waals surface area contributed by atoms with Crippen LogP contribution in [0.4, 0.5) is 17.6 Å². The van der Waals surface area contributed by atoms with Crippen molar-refractivity contribution in [2.24, 2.45) is 5.92 Å².